The van der Waals surface area contributed by atoms with E-state index in [2.05, 4.69) is 10.2 Å². The first-order valence-corrected chi connectivity index (χ1v) is 10.4. The molecule has 0 spiro atoms. The Labute approximate surface area is 187 Å². The molecule has 32 heavy (non-hydrogen) atoms. The lowest BCUT2D eigenvalue weighted by Crippen LogP contribution is -2.32. The molecule has 9 heteroatoms. The number of aromatic nitrogens is 2. The Hall–Kier alpha value is -3.33. The van der Waals surface area contributed by atoms with Crippen molar-refractivity contribution >= 4 is 17.4 Å². The molecule has 2 N–H and O–H groups in total. The average molecular weight is 443 g/mol. The molecule has 0 radical (unpaired) electrons. The zero-order chi connectivity index (χ0) is 23.6. The SMILES string of the molecule is COc1cccc([C@H]2/C(=C(\O)c3c(C)n[nH]c3C)C(=O)C(=O)N2CCCN(C)C)c1OC. The largest absolute Gasteiger partial charge is 0.507 e. The number of H-pyrrole nitrogens is 1. The third-order valence-corrected chi connectivity index (χ3v) is 5.64. The van der Waals surface area contributed by atoms with Crippen LogP contribution in [0.1, 0.15) is 35.0 Å². The molecule has 172 valence electrons. The highest BCUT2D eigenvalue weighted by Crippen LogP contribution is 2.45. The highest BCUT2D eigenvalue weighted by atomic mass is 16.5. The Morgan fingerprint density at radius 1 is 1.22 bits per heavy atom. The lowest BCUT2D eigenvalue weighted by Gasteiger charge is -2.27. The number of aliphatic hydroxyl groups excluding tert-OH is 1. The number of nitrogens with one attached hydrogen (secondary N) is 1. The number of aliphatic hydroxyl groups is 1. The molecule has 0 aliphatic carbocycles. The molecule has 2 aromatic rings. The number of para-hydroxylation sites is 1. The van der Waals surface area contributed by atoms with Gasteiger partial charge in [0.1, 0.15) is 5.76 Å². The summed E-state index contributed by atoms with van der Waals surface area (Å²) in [5.74, 6) is -0.760. The standard InChI is InChI=1S/C23H30N4O5/c1-13-17(14(2)25-24-13)20(28)18-19(15-9-7-10-16(31-5)22(15)32-6)27(23(30)21(18)29)12-8-11-26(3)4/h7,9-10,19,28H,8,11-12H2,1-6H3,(H,24,25)/b20-18+/t19-/m0/s1. The molecular weight excluding hydrogens is 412 g/mol. The number of aromatic amines is 1. The van der Waals surface area contributed by atoms with Gasteiger partial charge in [-0.3, -0.25) is 14.7 Å². The van der Waals surface area contributed by atoms with E-state index in [4.69, 9.17) is 9.47 Å². The molecule has 2 heterocycles. The average Bonchev–Trinajstić information content (AvgIpc) is 3.22. The summed E-state index contributed by atoms with van der Waals surface area (Å²) in [6, 6.07) is 4.46. The Kier molecular flexibility index (Phi) is 6.88. The van der Waals surface area contributed by atoms with Crippen molar-refractivity contribution in [2.75, 3.05) is 41.4 Å². The van der Waals surface area contributed by atoms with Gasteiger partial charge < -0.3 is 24.4 Å². The number of Topliss-reactive ketones (excluding diaryl/α,β-unsaturated/α-hetero) is 1. The first-order chi connectivity index (χ1) is 15.2. The Balaban J connectivity index is 2.23. The smallest absolute Gasteiger partial charge is 0.295 e. The van der Waals surface area contributed by atoms with Crippen LogP contribution in [0.3, 0.4) is 0 Å². The van der Waals surface area contributed by atoms with E-state index in [-0.39, 0.29) is 11.3 Å². The molecular formula is C23H30N4O5. The summed E-state index contributed by atoms with van der Waals surface area (Å²) in [7, 11) is 6.92. The van der Waals surface area contributed by atoms with Gasteiger partial charge in [-0.15, -0.1) is 0 Å². The number of ether oxygens (including phenoxy) is 2. The minimum atomic E-state index is -0.823. The van der Waals surface area contributed by atoms with Crippen molar-refractivity contribution in [3.8, 4) is 11.5 Å². The zero-order valence-electron chi connectivity index (χ0n) is 19.4. The summed E-state index contributed by atoms with van der Waals surface area (Å²) in [4.78, 5) is 29.8. The van der Waals surface area contributed by atoms with E-state index in [0.29, 0.717) is 47.0 Å². The van der Waals surface area contributed by atoms with Gasteiger partial charge in [0.05, 0.1) is 37.1 Å². The van der Waals surface area contributed by atoms with Gasteiger partial charge in [0.15, 0.2) is 11.5 Å². The van der Waals surface area contributed by atoms with Crippen LogP contribution in [0.15, 0.2) is 23.8 Å². The summed E-state index contributed by atoms with van der Waals surface area (Å²) in [6.07, 6.45) is 0.659. The third-order valence-electron chi connectivity index (χ3n) is 5.64. The van der Waals surface area contributed by atoms with E-state index < -0.39 is 17.7 Å². The maximum Gasteiger partial charge on any atom is 0.295 e. The van der Waals surface area contributed by atoms with Crippen molar-refractivity contribution in [2.24, 2.45) is 0 Å². The minimum Gasteiger partial charge on any atom is -0.507 e. The molecule has 1 aliphatic heterocycles. The molecule has 1 fully saturated rings. The lowest BCUT2D eigenvalue weighted by molar-refractivity contribution is -0.140. The number of methoxy groups -OCH3 is 2. The number of nitrogens with zero attached hydrogens (tertiary/aromatic N) is 3. The monoisotopic (exact) mass is 442 g/mol. The number of benzene rings is 1. The van der Waals surface area contributed by atoms with E-state index in [1.807, 2.05) is 19.0 Å². The lowest BCUT2D eigenvalue weighted by atomic mass is 9.93. The van der Waals surface area contributed by atoms with Gasteiger partial charge in [0, 0.05) is 17.8 Å². The number of carbonyl (C=O) groups is 2. The number of amides is 1. The number of rotatable bonds is 8. The normalized spacial score (nSPS) is 18.0. The van der Waals surface area contributed by atoms with E-state index >= 15 is 0 Å². The molecule has 3 rings (SSSR count). The summed E-state index contributed by atoms with van der Waals surface area (Å²) in [5, 5.41) is 18.2. The van der Waals surface area contributed by atoms with Crippen molar-refractivity contribution in [3.05, 3.63) is 46.3 Å². The second-order valence-corrected chi connectivity index (χ2v) is 8.04. The number of carbonyl (C=O) groups excluding carboxylic acids is 2. The molecule has 1 amide bonds. The van der Waals surface area contributed by atoms with Crippen molar-refractivity contribution in [2.45, 2.75) is 26.3 Å². The van der Waals surface area contributed by atoms with E-state index in [1.165, 1.54) is 19.1 Å². The highest BCUT2D eigenvalue weighted by Gasteiger charge is 2.47. The molecule has 1 aromatic heterocycles. The topological polar surface area (TPSA) is 108 Å². The van der Waals surface area contributed by atoms with Gasteiger partial charge >= 0.3 is 0 Å². The van der Waals surface area contributed by atoms with Crippen molar-refractivity contribution in [3.63, 3.8) is 0 Å². The minimum absolute atomic E-state index is 0.0130. The molecule has 0 bridgehead atoms. The van der Waals surface area contributed by atoms with Crippen molar-refractivity contribution < 1.29 is 24.2 Å². The fourth-order valence-corrected chi connectivity index (χ4v) is 4.15. The van der Waals surface area contributed by atoms with Gasteiger partial charge in [-0.2, -0.15) is 5.10 Å². The third kappa shape index (κ3) is 4.08. The maximum atomic E-state index is 13.2. The van der Waals surface area contributed by atoms with Crippen LogP contribution in [0.4, 0.5) is 0 Å². The van der Waals surface area contributed by atoms with Crippen molar-refractivity contribution in [1.82, 2.24) is 20.0 Å². The van der Waals surface area contributed by atoms with Gasteiger partial charge in [-0.25, -0.2) is 0 Å². The second-order valence-electron chi connectivity index (χ2n) is 8.04. The fraction of sp³-hybridized carbons (Fsp3) is 0.435. The van der Waals surface area contributed by atoms with E-state index in [0.717, 1.165) is 6.54 Å². The molecule has 1 saturated heterocycles. The Bertz CT molecular complexity index is 1040. The van der Waals surface area contributed by atoms with Gasteiger partial charge in [0.2, 0.25) is 0 Å². The maximum absolute atomic E-state index is 13.2. The summed E-state index contributed by atoms with van der Waals surface area (Å²) in [6.45, 7) is 4.56. The number of ketones is 1. The van der Waals surface area contributed by atoms with Crippen LogP contribution in [-0.4, -0.2) is 78.2 Å². The Morgan fingerprint density at radius 2 is 1.94 bits per heavy atom. The van der Waals surface area contributed by atoms with Crippen LogP contribution >= 0.6 is 0 Å². The number of aryl methyl sites for hydroxylation is 2. The molecule has 1 atom stereocenters. The first-order valence-electron chi connectivity index (χ1n) is 10.4. The molecule has 1 aromatic carbocycles. The predicted molar refractivity (Wildman–Crippen MR) is 120 cm³/mol. The summed E-state index contributed by atoms with van der Waals surface area (Å²) < 4.78 is 11.0. The van der Waals surface area contributed by atoms with Crippen LogP contribution in [0.2, 0.25) is 0 Å². The quantitative estimate of drug-likeness (QED) is 0.367. The number of hydrogen-bond donors (Lipinski definition) is 2. The van der Waals surface area contributed by atoms with Gasteiger partial charge in [0.25, 0.3) is 11.7 Å². The molecule has 1 aliphatic rings. The molecule has 0 saturated carbocycles. The van der Waals surface area contributed by atoms with Crippen LogP contribution in [0.5, 0.6) is 11.5 Å². The van der Waals surface area contributed by atoms with Crippen LogP contribution < -0.4 is 9.47 Å². The van der Waals surface area contributed by atoms with E-state index in [1.54, 1.807) is 32.0 Å². The molecule has 0 unspecified atom stereocenters. The fourth-order valence-electron chi connectivity index (χ4n) is 4.15. The number of likely N-dealkylation sites (tertiary alicyclic amines) is 1. The van der Waals surface area contributed by atoms with E-state index in [9.17, 15) is 14.7 Å². The molecule has 9 nitrogen and oxygen atoms in total. The summed E-state index contributed by atoms with van der Waals surface area (Å²) in [5.41, 5.74) is 2.14. The Morgan fingerprint density at radius 3 is 2.50 bits per heavy atom. The van der Waals surface area contributed by atoms with Gasteiger partial charge in [-0.1, -0.05) is 12.1 Å². The van der Waals surface area contributed by atoms with Gasteiger partial charge in [-0.05, 0) is 47.0 Å². The van der Waals surface area contributed by atoms with Crippen molar-refractivity contribution in [1.29, 1.82) is 0 Å². The van der Waals surface area contributed by atoms with Crippen LogP contribution in [0.25, 0.3) is 5.76 Å². The first kappa shape index (κ1) is 23.3. The second kappa shape index (κ2) is 9.44. The van der Waals surface area contributed by atoms with Crippen LogP contribution in [-0.2, 0) is 9.59 Å². The van der Waals surface area contributed by atoms with Crippen LogP contribution in [0, 0.1) is 13.8 Å². The number of hydrogen-bond acceptors (Lipinski definition) is 7. The zero-order valence-corrected chi connectivity index (χ0v) is 19.4. The summed E-state index contributed by atoms with van der Waals surface area (Å²) >= 11 is 0. The predicted octanol–water partition coefficient (Wildman–Crippen LogP) is 2.42. The highest BCUT2D eigenvalue weighted by molar-refractivity contribution is 6.46.